The van der Waals surface area contributed by atoms with Crippen LogP contribution in [-0.4, -0.2) is 16.7 Å². The van der Waals surface area contributed by atoms with Crippen LogP contribution in [0.5, 0.6) is 0 Å². The molecule has 0 saturated carbocycles. The quantitative estimate of drug-likeness (QED) is 0.346. The van der Waals surface area contributed by atoms with E-state index in [1.54, 1.807) is 46.8 Å². The summed E-state index contributed by atoms with van der Waals surface area (Å²) in [4.78, 5) is 11.7. The normalized spacial score (nSPS) is 14.3. The predicted octanol–water partition coefficient (Wildman–Crippen LogP) is 3.29. The Morgan fingerprint density at radius 2 is 1.62 bits per heavy atom. The number of allylic oxidation sites excluding steroid dienone is 3. The number of ether oxygens (including phenoxy) is 1. The van der Waals surface area contributed by atoms with E-state index >= 15 is 0 Å². The van der Waals surface area contributed by atoms with Crippen LogP contribution in [0.25, 0.3) is 0 Å². The Hall–Kier alpha value is -1.51. The van der Waals surface area contributed by atoms with E-state index in [1.165, 1.54) is 12.2 Å². The summed E-state index contributed by atoms with van der Waals surface area (Å²) in [6, 6.07) is 0. The largest absolute Gasteiger partial charge is 0.507 e. The van der Waals surface area contributed by atoms with Gasteiger partial charge in [-0.1, -0.05) is 12.2 Å². The lowest BCUT2D eigenvalue weighted by molar-refractivity contribution is -0.149. The van der Waals surface area contributed by atoms with Crippen LogP contribution >= 0.6 is 0 Å². The Morgan fingerprint density at radius 1 is 1.12 bits per heavy atom. The molecular formula is C13H20O3. The second-order valence-corrected chi connectivity index (χ2v) is 4.30. The highest BCUT2D eigenvalue weighted by Crippen LogP contribution is 2.14. The number of hydrogen-bond donors (Lipinski definition) is 1. The van der Waals surface area contributed by atoms with Crippen molar-refractivity contribution in [3.8, 4) is 0 Å². The Labute approximate surface area is 97.1 Å². The van der Waals surface area contributed by atoms with Crippen molar-refractivity contribution < 1.29 is 14.6 Å². The molecule has 0 aromatic heterocycles. The van der Waals surface area contributed by atoms with Gasteiger partial charge in [0.2, 0.25) is 0 Å². The first-order valence-corrected chi connectivity index (χ1v) is 5.23. The Kier molecular flexibility index (Phi) is 5.57. The van der Waals surface area contributed by atoms with E-state index in [-0.39, 0.29) is 11.3 Å². The molecule has 0 aliphatic carbocycles. The van der Waals surface area contributed by atoms with Crippen LogP contribution < -0.4 is 0 Å². The molecule has 0 aromatic rings. The summed E-state index contributed by atoms with van der Waals surface area (Å²) in [5.41, 5.74) is -0.407. The van der Waals surface area contributed by atoms with Crippen molar-refractivity contribution in [1.82, 2.24) is 0 Å². The first-order valence-electron chi connectivity index (χ1n) is 5.23. The number of esters is 1. The molecule has 90 valence electrons. The molecule has 0 fully saturated rings. The van der Waals surface area contributed by atoms with Crippen molar-refractivity contribution in [2.45, 2.75) is 40.2 Å². The zero-order valence-corrected chi connectivity index (χ0v) is 10.6. The monoisotopic (exact) mass is 224 g/mol. The topological polar surface area (TPSA) is 46.5 Å². The molecule has 0 saturated heterocycles. The molecule has 3 heteroatoms. The SMILES string of the molecule is C\C=C/C(O)=C(\C=C/C)C(=O)OC(C)(C)C. The molecular weight excluding hydrogens is 204 g/mol. The number of aliphatic hydroxyl groups is 1. The average Bonchev–Trinajstić information content (AvgIpc) is 2.11. The minimum atomic E-state index is -0.569. The van der Waals surface area contributed by atoms with Crippen LogP contribution in [0.2, 0.25) is 0 Å². The molecule has 0 aliphatic heterocycles. The highest BCUT2D eigenvalue weighted by Gasteiger charge is 2.20. The molecule has 0 unspecified atom stereocenters. The molecule has 0 bridgehead atoms. The van der Waals surface area contributed by atoms with E-state index in [4.69, 9.17) is 4.74 Å². The van der Waals surface area contributed by atoms with Crippen LogP contribution in [0.15, 0.2) is 35.6 Å². The molecule has 0 rings (SSSR count). The molecule has 0 spiro atoms. The third kappa shape index (κ3) is 5.39. The van der Waals surface area contributed by atoms with Gasteiger partial charge >= 0.3 is 5.97 Å². The van der Waals surface area contributed by atoms with Gasteiger partial charge in [-0.2, -0.15) is 0 Å². The van der Waals surface area contributed by atoms with Crippen LogP contribution in [0.3, 0.4) is 0 Å². The van der Waals surface area contributed by atoms with Gasteiger partial charge in [-0.05, 0) is 46.8 Å². The third-order valence-electron chi connectivity index (χ3n) is 1.55. The minimum Gasteiger partial charge on any atom is -0.507 e. The summed E-state index contributed by atoms with van der Waals surface area (Å²) in [6.45, 7) is 8.88. The van der Waals surface area contributed by atoms with Gasteiger partial charge in [0, 0.05) is 0 Å². The second kappa shape index (κ2) is 6.16. The van der Waals surface area contributed by atoms with E-state index in [0.29, 0.717) is 0 Å². The van der Waals surface area contributed by atoms with Crippen LogP contribution in [0, 0.1) is 0 Å². The van der Waals surface area contributed by atoms with Gasteiger partial charge < -0.3 is 9.84 Å². The zero-order chi connectivity index (χ0) is 12.8. The summed E-state index contributed by atoms with van der Waals surface area (Å²) in [6.07, 6.45) is 6.32. The van der Waals surface area contributed by atoms with Crippen molar-refractivity contribution >= 4 is 5.97 Å². The summed E-state index contributed by atoms with van der Waals surface area (Å²) >= 11 is 0. The number of rotatable bonds is 3. The lowest BCUT2D eigenvalue weighted by Crippen LogP contribution is -2.25. The summed E-state index contributed by atoms with van der Waals surface area (Å²) in [5, 5.41) is 9.65. The molecule has 0 amide bonds. The lowest BCUT2D eigenvalue weighted by Gasteiger charge is -2.19. The Balaban J connectivity index is 5.09. The molecule has 0 heterocycles. The zero-order valence-electron chi connectivity index (χ0n) is 10.6. The van der Waals surface area contributed by atoms with Gasteiger partial charge in [0.1, 0.15) is 16.9 Å². The fraction of sp³-hybridized carbons (Fsp3) is 0.462. The fourth-order valence-corrected chi connectivity index (χ4v) is 1.01. The highest BCUT2D eigenvalue weighted by atomic mass is 16.6. The Morgan fingerprint density at radius 3 is 2.00 bits per heavy atom. The van der Waals surface area contributed by atoms with Crippen molar-refractivity contribution in [2.75, 3.05) is 0 Å². The van der Waals surface area contributed by atoms with Gasteiger partial charge in [-0.25, -0.2) is 4.79 Å². The molecule has 1 N–H and O–H groups in total. The highest BCUT2D eigenvalue weighted by molar-refractivity contribution is 5.92. The van der Waals surface area contributed by atoms with Gasteiger partial charge in [0.25, 0.3) is 0 Å². The maximum absolute atomic E-state index is 11.7. The van der Waals surface area contributed by atoms with E-state index < -0.39 is 11.6 Å². The van der Waals surface area contributed by atoms with E-state index in [9.17, 15) is 9.90 Å². The van der Waals surface area contributed by atoms with E-state index in [0.717, 1.165) is 0 Å². The second-order valence-electron chi connectivity index (χ2n) is 4.30. The summed E-state index contributed by atoms with van der Waals surface area (Å²) in [5.74, 6) is -0.615. The van der Waals surface area contributed by atoms with Crippen molar-refractivity contribution in [3.05, 3.63) is 35.6 Å². The Bertz CT molecular complexity index is 328. The molecule has 0 aliphatic rings. The summed E-state index contributed by atoms with van der Waals surface area (Å²) < 4.78 is 5.18. The van der Waals surface area contributed by atoms with Gasteiger partial charge in [-0.15, -0.1) is 0 Å². The van der Waals surface area contributed by atoms with Gasteiger partial charge in [0.05, 0.1) is 0 Å². The lowest BCUT2D eigenvalue weighted by atomic mass is 10.1. The van der Waals surface area contributed by atoms with Crippen LogP contribution in [0.4, 0.5) is 0 Å². The standard InChI is InChI=1S/C13H20O3/c1-6-8-10(11(14)9-7-2)12(15)16-13(3,4)5/h6-9,14H,1-5H3/b8-6-,9-7-,11-10-. The number of carbonyl (C=O) groups is 1. The third-order valence-corrected chi connectivity index (χ3v) is 1.55. The van der Waals surface area contributed by atoms with Crippen molar-refractivity contribution in [2.24, 2.45) is 0 Å². The maximum atomic E-state index is 11.7. The van der Waals surface area contributed by atoms with E-state index in [2.05, 4.69) is 0 Å². The van der Waals surface area contributed by atoms with Crippen LogP contribution in [0.1, 0.15) is 34.6 Å². The molecule has 0 radical (unpaired) electrons. The maximum Gasteiger partial charge on any atom is 0.342 e. The predicted molar refractivity (Wildman–Crippen MR) is 65.1 cm³/mol. The number of hydrogen-bond acceptors (Lipinski definition) is 3. The van der Waals surface area contributed by atoms with Crippen molar-refractivity contribution in [1.29, 1.82) is 0 Å². The summed E-state index contributed by atoms with van der Waals surface area (Å²) in [7, 11) is 0. The smallest absolute Gasteiger partial charge is 0.342 e. The first-order chi connectivity index (χ1) is 7.31. The van der Waals surface area contributed by atoms with Gasteiger partial charge in [-0.3, -0.25) is 0 Å². The first kappa shape index (κ1) is 14.5. The van der Waals surface area contributed by atoms with Crippen molar-refractivity contribution in [3.63, 3.8) is 0 Å². The fourth-order valence-electron chi connectivity index (χ4n) is 1.01. The average molecular weight is 224 g/mol. The molecule has 0 atom stereocenters. The minimum absolute atomic E-state index is 0.0881. The molecule has 3 nitrogen and oxygen atoms in total. The number of carbonyl (C=O) groups excluding carboxylic acids is 1. The number of aliphatic hydroxyl groups excluding tert-OH is 1. The van der Waals surface area contributed by atoms with Gasteiger partial charge in [0.15, 0.2) is 0 Å². The molecule has 0 aromatic carbocycles. The van der Waals surface area contributed by atoms with E-state index in [1.807, 2.05) is 0 Å². The molecule has 16 heavy (non-hydrogen) atoms. The van der Waals surface area contributed by atoms with Crippen LogP contribution in [-0.2, 0) is 9.53 Å².